The Morgan fingerprint density at radius 2 is 1.78 bits per heavy atom. The molecule has 0 aromatic heterocycles. The van der Waals surface area contributed by atoms with Gasteiger partial charge in [-0.1, -0.05) is 42.5 Å². The van der Waals surface area contributed by atoms with E-state index in [-0.39, 0.29) is 35.8 Å². The van der Waals surface area contributed by atoms with Crippen LogP contribution in [-0.2, 0) is 22.7 Å². The molecule has 0 unspecified atom stereocenters. The molecule has 0 aliphatic carbocycles. The first-order valence-corrected chi connectivity index (χ1v) is 10.7. The molecule has 2 aromatic rings. The number of carbonyl (C=O) groups excluding carboxylic acids is 2. The molecule has 172 valence electrons. The van der Waals surface area contributed by atoms with Crippen molar-refractivity contribution in [2.75, 3.05) is 32.1 Å². The summed E-state index contributed by atoms with van der Waals surface area (Å²) in [6.07, 6.45) is 1.95. The summed E-state index contributed by atoms with van der Waals surface area (Å²) in [5, 5.41) is 6.45. The van der Waals surface area contributed by atoms with Crippen molar-refractivity contribution in [3.8, 4) is 0 Å². The van der Waals surface area contributed by atoms with E-state index in [4.69, 9.17) is 0 Å². The van der Waals surface area contributed by atoms with Crippen LogP contribution in [0.4, 0.5) is 5.69 Å². The van der Waals surface area contributed by atoms with Gasteiger partial charge in [-0.05, 0) is 29.7 Å². The van der Waals surface area contributed by atoms with Crippen LogP contribution in [0.15, 0.2) is 59.6 Å². The van der Waals surface area contributed by atoms with Crippen LogP contribution in [0, 0.1) is 0 Å². The average Bonchev–Trinajstić information content (AvgIpc) is 3.22. The zero-order valence-electron chi connectivity index (χ0n) is 18.7. The number of benzene rings is 2. The van der Waals surface area contributed by atoms with E-state index < -0.39 is 0 Å². The molecule has 1 aliphatic heterocycles. The molecule has 2 aromatic carbocycles. The highest BCUT2D eigenvalue weighted by molar-refractivity contribution is 14.0. The number of aliphatic imine (C=N–C) groups is 1. The quantitative estimate of drug-likeness (QED) is 0.302. The molecule has 1 heterocycles. The van der Waals surface area contributed by atoms with Crippen LogP contribution >= 0.6 is 24.0 Å². The molecular formula is C24H32IN5O2. The molecule has 3 rings (SSSR count). The fourth-order valence-corrected chi connectivity index (χ4v) is 3.55. The Hall–Kier alpha value is -2.62. The summed E-state index contributed by atoms with van der Waals surface area (Å²) in [6.45, 7) is 2.52. The lowest BCUT2D eigenvalue weighted by Gasteiger charge is -2.18. The summed E-state index contributed by atoms with van der Waals surface area (Å²) >= 11 is 0. The van der Waals surface area contributed by atoms with Crippen LogP contribution < -0.4 is 15.5 Å². The number of halogens is 1. The predicted octanol–water partition coefficient (Wildman–Crippen LogP) is 3.15. The molecule has 1 aliphatic rings. The third-order valence-electron chi connectivity index (χ3n) is 5.32. The Bertz CT molecular complexity index is 902. The number of amides is 2. The normalized spacial score (nSPS) is 13.5. The van der Waals surface area contributed by atoms with Gasteiger partial charge in [0.2, 0.25) is 11.8 Å². The minimum Gasteiger partial charge on any atom is -0.356 e. The lowest BCUT2D eigenvalue weighted by atomic mass is 10.2. The number of guanidine groups is 1. The molecule has 0 spiro atoms. The smallest absolute Gasteiger partial charge is 0.227 e. The molecule has 1 fully saturated rings. The molecule has 0 radical (unpaired) electrons. The summed E-state index contributed by atoms with van der Waals surface area (Å²) < 4.78 is 0. The van der Waals surface area contributed by atoms with Crippen molar-refractivity contribution in [2.45, 2.75) is 32.4 Å². The molecule has 7 nitrogen and oxygen atoms in total. The summed E-state index contributed by atoms with van der Waals surface area (Å²) in [6, 6.07) is 18.0. The summed E-state index contributed by atoms with van der Waals surface area (Å²) in [4.78, 5) is 32.0. The van der Waals surface area contributed by atoms with Gasteiger partial charge in [-0.15, -0.1) is 24.0 Å². The van der Waals surface area contributed by atoms with Gasteiger partial charge < -0.3 is 20.4 Å². The second-order valence-electron chi connectivity index (χ2n) is 7.65. The van der Waals surface area contributed by atoms with E-state index in [0.29, 0.717) is 38.4 Å². The van der Waals surface area contributed by atoms with E-state index in [1.165, 1.54) is 0 Å². The average molecular weight is 549 g/mol. The van der Waals surface area contributed by atoms with Crippen LogP contribution in [0.3, 0.4) is 0 Å². The molecular weight excluding hydrogens is 517 g/mol. The first-order chi connectivity index (χ1) is 15.1. The molecule has 0 bridgehead atoms. The van der Waals surface area contributed by atoms with Crippen molar-refractivity contribution in [2.24, 2.45) is 4.99 Å². The van der Waals surface area contributed by atoms with Gasteiger partial charge in [-0.2, -0.15) is 0 Å². The van der Waals surface area contributed by atoms with Crippen molar-refractivity contribution in [1.29, 1.82) is 0 Å². The Balaban J connectivity index is 0.00000363. The number of hydrogen-bond donors (Lipinski definition) is 2. The molecule has 2 N–H and O–H groups in total. The predicted molar refractivity (Wildman–Crippen MR) is 139 cm³/mol. The van der Waals surface area contributed by atoms with Crippen molar-refractivity contribution in [3.63, 3.8) is 0 Å². The van der Waals surface area contributed by atoms with Gasteiger partial charge in [-0.25, -0.2) is 0 Å². The highest BCUT2D eigenvalue weighted by atomic mass is 127. The fraction of sp³-hybridized carbons (Fsp3) is 0.375. The van der Waals surface area contributed by atoms with E-state index in [1.807, 2.05) is 66.5 Å². The number of rotatable bonds is 8. The van der Waals surface area contributed by atoms with E-state index in [1.54, 1.807) is 11.9 Å². The Kier molecular flexibility index (Phi) is 10.5. The lowest BCUT2D eigenvalue weighted by molar-refractivity contribution is -0.130. The summed E-state index contributed by atoms with van der Waals surface area (Å²) in [5.41, 5.74) is 3.16. The second-order valence-corrected chi connectivity index (χ2v) is 7.65. The molecule has 0 atom stereocenters. The second kappa shape index (κ2) is 13.0. The summed E-state index contributed by atoms with van der Waals surface area (Å²) in [5.74, 6) is 0.926. The minimum atomic E-state index is 0. The molecule has 32 heavy (non-hydrogen) atoms. The molecule has 2 amide bonds. The minimum absolute atomic E-state index is 0. The maximum atomic E-state index is 12.4. The third-order valence-corrected chi connectivity index (χ3v) is 5.32. The number of nitrogens with zero attached hydrogens (tertiary/aromatic N) is 3. The third kappa shape index (κ3) is 7.51. The molecule has 8 heteroatoms. The Morgan fingerprint density at radius 1 is 1.06 bits per heavy atom. The van der Waals surface area contributed by atoms with E-state index in [0.717, 1.165) is 29.8 Å². The first kappa shape index (κ1) is 25.6. The van der Waals surface area contributed by atoms with Crippen molar-refractivity contribution >= 4 is 47.4 Å². The van der Waals surface area contributed by atoms with Crippen LogP contribution in [0.5, 0.6) is 0 Å². The van der Waals surface area contributed by atoms with Gasteiger partial charge in [0.15, 0.2) is 5.96 Å². The van der Waals surface area contributed by atoms with Crippen LogP contribution in [-0.4, -0.2) is 49.9 Å². The van der Waals surface area contributed by atoms with Crippen molar-refractivity contribution in [1.82, 2.24) is 15.5 Å². The molecule has 1 saturated heterocycles. The number of carbonyl (C=O) groups is 2. The number of hydrogen-bond acceptors (Lipinski definition) is 3. The van der Waals surface area contributed by atoms with E-state index in [2.05, 4.69) is 15.6 Å². The van der Waals surface area contributed by atoms with E-state index in [9.17, 15) is 9.59 Å². The largest absolute Gasteiger partial charge is 0.356 e. The Morgan fingerprint density at radius 3 is 2.41 bits per heavy atom. The zero-order chi connectivity index (χ0) is 22.1. The van der Waals surface area contributed by atoms with Crippen molar-refractivity contribution < 1.29 is 9.59 Å². The monoisotopic (exact) mass is 549 g/mol. The maximum Gasteiger partial charge on any atom is 0.227 e. The van der Waals surface area contributed by atoms with Gasteiger partial charge in [0.25, 0.3) is 0 Å². The number of anilines is 1. The highest BCUT2D eigenvalue weighted by Crippen LogP contribution is 2.21. The maximum absolute atomic E-state index is 12.4. The van der Waals surface area contributed by atoms with Gasteiger partial charge in [-0.3, -0.25) is 14.6 Å². The lowest BCUT2D eigenvalue weighted by Crippen LogP contribution is -2.39. The van der Waals surface area contributed by atoms with Gasteiger partial charge in [0, 0.05) is 58.8 Å². The summed E-state index contributed by atoms with van der Waals surface area (Å²) in [7, 11) is 3.53. The van der Waals surface area contributed by atoms with Crippen molar-refractivity contribution in [3.05, 3.63) is 65.7 Å². The standard InChI is InChI=1S/C24H31N5O2.HI/c1-25-24(26-15-14-22(30)28(2)18-20-7-4-3-5-8-20)27-17-19-10-12-21(13-11-19)29-16-6-9-23(29)31;/h3-5,7-8,10-13H,6,9,14-18H2,1-2H3,(H2,25,26,27);1H. The van der Waals surface area contributed by atoms with E-state index >= 15 is 0 Å². The fourth-order valence-electron chi connectivity index (χ4n) is 3.55. The van der Waals surface area contributed by atoms with Gasteiger partial charge >= 0.3 is 0 Å². The van der Waals surface area contributed by atoms with Crippen LogP contribution in [0.25, 0.3) is 0 Å². The highest BCUT2D eigenvalue weighted by Gasteiger charge is 2.21. The topological polar surface area (TPSA) is 77.0 Å². The zero-order valence-corrected chi connectivity index (χ0v) is 21.0. The van der Waals surface area contributed by atoms with Gasteiger partial charge in [0.05, 0.1) is 0 Å². The first-order valence-electron chi connectivity index (χ1n) is 10.7. The van der Waals surface area contributed by atoms with Crippen LogP contribution in [0.2, 0.25) is 0 Å². The number of nitrogens with one attached hydrogen (secondary N) is 2. The van der Waals surface area contributed by atoms with Gasteiger partial charge in [0.1, 0.15) is 0 Å². The SMILES string of the molecule is CN=C(NCCC(=O)N(C)Cc1ccccc1)NCc1ccc(N2CCCC2=O)cc1.I. The van der Waals surface area contributed by atoms with Crippen LogP contribution in [0.1, 0.15) is 30.4 Å². The Labute approximate surface area is 207 Å². The molecule has 0 saturated carbocycles.